The van der Waals surface area contributed by atoms with E-state index in [2.05, 4.69) is 5.32 Å². The van der Waals surface area contributed by atoms with E-state index in [0.29, 0.717) is 17.7 Å². The normalized spacial score (nSPS) is 14.3. The van der Waals surface area contributed by atoms with Gasteiger partial charge in [0, 0.05) is 49.7 Å². The van der Waals surface area contributed by atoms with Crippen LogP contribution in [0.2, 0.25) is 0 Å². The van der Waals surface area contributed by atoms with Crippen LogP contribution in [0.15, 0.2) is 48.5 Å². The van der Waals surface area contributed by atoms with E-state index in [1.807, 2.05) is 61.5 Å². The third-order valence-electron chi connectivity index (χ3n) is 4.36. The molecule has 3 rings (SSSR count). The van der Waals surface area contributed by atoms with E-state index >= 15 is 0 Å². The van der Waals surface area contributed by atoms with E-state index in [4.69, 9.17) is 0 Å². The predicted molar refractivity (Wildman–Crippen MR) is 101 cm³/mol. The SMILES string of the molecule is CN(C)c1cccc(C(=O)Nc2cccc(N3CCCCC3=O)c2)c1. The molecule has 0 bridgehead atoms. The second-order valence-corrected chi connectivity index (χ2v) is 6.45. The number of piperidine rings is 1. The summed E-state index contributed by atoms with van der Waals surface area (Å²) in [5, 5.41) is 2.92. The summed E-state index contributed by atoms with van der Waals surface area (Å²) < 4.78 is 0. The van der Waals surface area contributed by atoms with Crippen LogP contribution in [0, 0.1) is 0 Å². The van der Waals surface area contributed by atoms with Gasteiger partial charge in [-0.15, -0.1) is 0 Å². The zero-order valence-electron chi connectivity index (χ0n) is 14.7. The van der Waals surface area contributed by atoms with E-state index in [-0.39, 0.29) is 11.8 Å². The van der Waals surface area contributed by atoms with Crippen molar-refractivity contribution in [3.63, 3.8) is 0 Å². The van der Waals surface area contributed by atoms with Gasteiger partial charge in [0.15, 0.2) is 0 Å². The summed E-state index contributed by atoms with van der Waals surface area (Å²) in [6.45, 7) is 0.737. The van der Waals surface area contributed by atoms with Crippen LogP contribution in [0.5, 0.6) is 0 Å². The predicted octanol–water partition coefficient (Wildman–Crippen LogP) is 3.52. The van der Waals surface area contributed by atoms with Gasteiger partial charge in [-0.05, 0) is 49.2 Å². The minimum atomic E-state index is -0.161. The fraction of sp³-hybridized carbons (Fsp3) is 0.300. The molecule has 5 heteroatoms. The highest BCUT2D eigenvalue weighted by molar-refractivity contribution is 6.05. The molecule has 0 aromatic heterocycles. The summed E-state index contributed by atoms with van der Waals surface area (Å²) in [7, 11) is 3.88. The third-order valence-corrected chi connectivity index (χ3v) is 4.36. The summed E-state index contributed by atoms with van der Waals surface area (Å²) in [5.74, 6) is -0.0146. The van der Waals surface area contributed by atoms with Crippen LogP contribution >= 0.6 is 0 Å². The van der Waals surface area contributed by atoms with Gasteiger partial charge in [0.1, 0.15) is 0 Å². The molecule has 0 atom stereocenters. The largest absolute Gasteiger partial charge is 0.378 e. The first kappa shape index (κ1) is 17.0. The first-order valence-corrected chi connectivity index (χ1v) is 8.54. The van der Waals surface area contributed by atoms with Crippen molar-refractivity contribution < 1.29 is 9.59 Å². The maximum absolute atomic E-state index is 12.5. The molecule has 1 fully saturated rings. The number of hydrogen-bond donors (Lipinski definition) is 1. The number of amides is 2. The summed E-state index contributed by atoms with van der Waals surface area (Å²) in [6, 6.07) is 14.9. The molecule has 2 aromatic carbocycles. The number of hydrogen-bond acceptors (Lipinski definition) is 3. The third kappa shape index (κ3) is 3.99. The molecule has 0 saturated carbocycles. The average Bonchev–Trinajstić information content (AvgIpc) is 2.62. The second kappa shape index (κ2) is 7.38. The monoisotopic (exact) mass is 337 g/mol. The highest BCUT2D eigenvalue weighted by Crippen LogP contribution is 2.24. The summed E-state index contributed by atoms with van der Waals surface area (Å²) in [4.78, 5) is 28.4. The summed E-state index contributed by atoms with van der Waals surface area (Å²) in [6.07, 6.45) is 2.56. The van der Waals surface area contributed by atoms with Gasteiger partial charge in [0.05, 0.1) is 0 Å². The van der Waals surface area contributed by atoms with Gasteiger partial charge >= 0.3 is 0 Å². The van der Waals surface area contributed by atoms with Crippen molar-refractivity contribution >= 4 is 28.9 Å². The van der Waals surface area contributed by atoms with Crippen LogP contribution in [0.4, 0.5) is 17.1 Å². The molecule has 1 aliphatic rings. The molecule has 1 heterocycles. The van der Waals surface area contributed by atoms with Crippen LogP contribution in [0.1, 0.15) is 29.6 Å². The maximum atomic E-state index is 12.5. The first-order chi connectivity index (χ1) is 12.0. The van der Waals surface area contributed by atoms with Gasteiger partial charge in [-0.25, -0.2) is 0 Å². The minimum absolute atomic E-state index is 0.147. The van der Waals surface area contributed by atoms with E-state index in [0.717, 1.165) is 30.8 Å². The fourth-order valence-corrected chi connectivity index (χ4v) is 2.96. The number of carbonyl (C=O) groups is 2. The second-order valence-electron chi connectivity index (χ2n) is 6.45. The van der Waals surface area contributed by atoms with Crippen LogP contribution in [0.25, 0.3) is 0 Å². The minimum Gasteiger partial charge on any atom is -0.378 e. The lowest BCUT2D eigenvalue weighted by molar-refractivity contribution is -0.119. The Balaban J connectivity index is 1.76. The van der Waals surface area contributed by atoms with Crippen molar-refractivity contribution in [2.45, 2.75) is 19.3 Å². The zero-order chi connectivity index (χ0) is 17.8. The molecular formula is C20H23N3O2. The maximum Gasteiger partial charge on any atom is 0.255 e. The Hall–Kier alpha value is -2.82. The Morgan fingerprint density at radius 3 is 2.64 bits per heavy atom. The summed E-state index contributed by atoms with van der Waals surface area (Å²) in [5.41, 5.74) is 3.10. The number of carbonyl (C=O) groups excluding carboxylic acids is 2. The molecule has 5 nitrogen and oxygen atoms in total. The van der Waals surface area contributed by atoms with E-state index in [1.165, 1.54) is 0 Å². The lowest BCUT2D eigenvalue weighted by Gasteiger charge is -2.27. The molecule has 1 N–H and O–H groups in total. The zero-order valence-corrected chi connectivity index (χ0v) is 14.7. The highest BCUT2D eigenvalue weighted by Gasteiger charge is 2.19. The number of nitrogens with zero attached hydrogens (tertiary/aromatic N) is 2. The topological polar surface area (TPSA) is 52.7 Å². The van der Waals surface area contributed by atoms with Gasteiger partial charge in [-0.2, -0.15) is 0 Å². The fourth-order valence-electron chi connectivity index (χ4n) is 2.96. The average molecular weight is 337 g/mol. The molecule has 130 valence electrons. The molecule has 25 heavy (non-hydrogen) atoms. The Labute approximate surface area is 148 Å². The van der Waals surface area contributed by atoms with Crippen molar-refractivity contribution in [3.05, 3.63) is 54.1 Å². The van der Waals surface area contributed by atoms with E-state index in [9.17, 15) is 9.59 Å². The summed E-state index contributed by atoms with van der Waals surface area (Å²) >= 11 is 0. The van der Waals surface area contributed by atoms with E-state index < -0.39 is 0 Å². The molecule has 2 aromatic rings. The van der Waals surface area contributed by atoms with Gasteiger partial charge in [-0.3, -0.25) is 9.59 Å². The lowest BCUT2D eigenvalue weighted by Crippen LogP contribution is -2.35. The number of rotatable bonds is 4. The molecule has 0 aliphatic carbocycles. The van der Waals surface area contributed by atoms with Crippen LogP contribution in [-0.4, -0.2) is 32.5 Å². The molecule has 2 amide bonds. The number of benzene rings is 2. The molecule has 0 spiro atoms. The van der Waals surface area contributed by atoms with Crippen molar-refractivity contribution in [1.29, 1.82) is 0 Å². The van der Waals surface area contributed by atoms with Crippen molar-refractivity contribution in [1.82, 2.24) is 0 Å². The van der Waals surface area contributed by atoms with Gasteiger partial charge in [-0.1, -0.05) is 12.1 Å². The standard InChI is InChI=1S/C20H23N3O2/c1-22(2)17-9-5-7-15(13-17)20(25)21-16-8-6-10-18(14-16)23-12-4-3-11-19(23)24/h5-10,13-14H,3-4,11-12H2,1-2H3,(H,21,25). The Morgan fingerprint density at radius 2 is 1.88 bits per heavy atom. The first-order valence-electron chi connectivity index (χ1n) is 8.54. The van der Waals surface area contributed by atoms with Gasteiger partial charge < -0.3 is 15.1 Å². The van der Waals surface area contributed by atoms with Crippen LogP contribution < -0.4 is 15.1 Å². The quantitative estimate of drug-likeness (QED) is 0.929. The van der Waals surface area contributed by atoms with Crippen LogP contribution in [0.3, 0.4) is 0 Å². The number of anilines is 3. The molecule has 0 unspecified atom stereocenters. The molecule has 1 saturated heterocycles. The Bertz CT molecular complexity index is 786. The van der Waals surface area contributed by atoms with Crippen molar-refractivity contribution in [3.8, 4) is 0 Å². The molecule has 0 radical (unpaired) electrons. The van der Waals surface area contributed by atoms with Gasteiger partial charge in [0.25, 0.3) is 5.91 Å². The smallest absolute Gasteiger partial charge is 0.255 e. The lowest BCUT2D eigenvalue weighted by atomic mass is 10.1. The number of nitrogens with one attached hydrogen (secondary N) is 1. The molecular weight excluding hydrogens is 314 g/mol. The van der Waals surface area contributed by atoms with E-state index in [1.54, 1.807) is 11.0 Å². The molecule has 1 aliphatic heterocycles. The van der Waals surface area contributed by atoms with Crippen LogP contribution in [-0.2, 0) is 4.79 Å². The Kier molecular flexibility index (Phi) is 5.03. The van der Waals surface area contributed by atoms with Crippen molar-refractivity contribution in [2.24, 2.45) is 0 Å². The Morgan fingerprint density at radius 1 is 1.08 bits per heavy atom. The van der Waals surface area contributed by atoms with Gasteiger partial charge in [0.2, 0.25) is 5.91 Å². The highest BCUT2D eigenvalue weighted by atomic mass is 16.2. The van der Waals surface area contributed by atoms with Crippen molar-refractivity contribution in [2.75, 3.05) is 35.8 Å².